The van der Waals surface area contributed by atoms with Crippen molar-refractivity contribution in [3.05, 3.63) is 74.8 Å². The third-order valence-corrected chi connectivity index (χ3v) is 4.98. The third kappa shape index (κ3) is 5.66. The Kier molecular flexibility index (Phi) is 8.39. The van der Waals surface area contributed by atoms with Crippen molar-refractivity contribution in [2.75, 3.05) is 26.7 Å². The number of morpholine rings is 1. The second-order valence-corrected chi connectivity index (χ2v) is 6.95. The van der Waals surface area contributed by atoms with Crippen molar-refractivity contribution in [1.29, 1.82) is 0 Å². The quantitative estimate of drug-likeness (QED) is 0.221. The molecule has 1 atom stereocenters. The Morgan fingerprint density at radius 3 is 2.76 bits per heavy atom. The molecule has 7 nitrogen and oxygen atoms in total. The minimum atomic E-state index is -0.356. The number of hydrogen-bond acceptors (Lipinski definition) is 4. The molecule has 1 N–H and O–H groups in total. The van der Waals surface area contributed by atoms with E-state index in [1.165, 1.54) is 22.8 Å². The SMILES string of the molecule is CN=C(NCc1ccccc1[N+](=O)[O-])N1CCOC(c2ccc(C)cc2C)C1.I. The number of nitro groups is 1. The highest BCUT2D eigenvalue weighted by molar-refractivity contribution is 14.0. The molecule has 1 heterocycles. The van der Waals surface area contributed by atoms with Crippen LogP contribution in [0, 0.1) is 24.0 Å². The summed E-state index contributed by atoms with van der Waals surface area (Å²) < 4.78 is 6.01. The maximum absolute atomic E-state index is 11.2. The Morgan fingerprint density at radius 1 is 1.31 bits per heavy atom. The predicted octanol–water partition coefficient (Wildman–Crippen LogP) is 3.98. The fraction of sp³-hybridized carbons (Fsp3) is 0.381. The number of para-hydroxylation sites is 1. The van der Waals surface area contributed by atoms with E-state index in [2.05, 4.69) is 47.3 Å². The average Bonchev–Trinajstić information content (AvgIpc) is 2.69. The van der Waals surface area contributed by atoms with E-state index in [1.807, 2.05) is 0 Å². The smallest absolute Gasteiger partial charge is 0.274 e. The van der Waals surface area contributed by atoms with Crippen LogP contribution in [0.1, 0.15) is 28.4 Å². The molecular formula is C21H27IN4O3. The van der Waals surface area contributed by atoms with Crippen LogP contribution in [-0.4, -0.2) is 42.5 Å². The fourth-order valence-corrected chi connectivity index (χ4v) is 3.56. The molecule has 0 aliphatic carbocycles. The molecule has 1 fully saturated rings. The second kappa shape index (κ2) is 10.5. The Labute approximate surface area is 188 Å². The lowest BCUT2D eigenvalue weighted by Crippen LogP contribution is -2.48. The zero-order valence-electron chi connectivity index (χ0n) is 16.9. The first-order valence-corrected chi connectivity index (χ1v) is 9.36. The van der Waals surface area contributed by atoms with E-state index in [9.17, 15) is 10.1 Å². The standard InChI is InChI=1S/C21H26N4O3.HI/c1-15-8-9-18(16(2)12-15)20-14-24(10-11-28-20)21(22-3)23-13-17-6-4-5-7-19(17)25(26)27;/h4-9,12,20H,10-11,13-14H2,1-3H3,(H,22,23);1H. The molecule has 1 aliphatic heterocycles. The summed E-state index contributed by atoms with van der Waals surface area (Å²) in [5.74, 6) is 0.719. The van der Waals surface area contributed by atoms with Gasteiger partial charge >= 0.3 is 0 Å². The molecule has 2 aromatic carbocycles. The van der Waals surface area contributed by atoms with Gasteiger partial charge in [-0.25, -0.2) is 0 Å². The van der Waals surface area contributed by atoms with Crippen molar-refractivity contribution >= 4 is 35.6 Å². The minimum absolute atomic E-state index is 0. The van der Waals surface area contributed by atoms with E-state index in [0.29, 0.717) is 25.3 Å². The summed E-state index contributed by atoms with van der Waals surface area (Å²) in [4.78, 5) is 17.4. The monoisotopic (exact) mass is 510 g/mol. The summed E-state index contributed by atoms with van der Waals surface area (Å²) in [7, 11) is 1.73. The molecule has 3 rings (SSSR count). The molecule has 0 saturated carbocycles. The van der Waals surface area contributed by atoms with Gasteiger partial charge in [0.2, 0.25) is 0 Å². The number of halogens is 1. The van der Waals surface area contributed by atoms with E-state index in [1.54, 1.807) is 25.2 Å². The van der Waals surface area contributed by atoms with Crippen molar-refractivity contribution in [2.45, 2.75) is 26.5 Å². The van der Waals surface area contributed by atoms with Crippen LogP contribution in [-0.2, 0) is 11.3 Å². The first-order chi connectivity index (χ1) is 13.5. The number of benzene rings is 2. The van der Waals surface area contributed by atoms with Gasteiger partial charge in [-0.3, -0.25) is 15.1 Å². The van der Waals surface area contributed by atoms with Crippen LogP contribution in [0.5, 0.6) is 0 Å². The molecule has 1 aliphatic rings. The second-order valence-electron chi connectivity index (χ2n) is 6.95. The van der Waals surface area contributed by atoms with Gasteiger partial charge in [-0.2, -0.15) is 0 Å². The molecule has 0 amide bonds. The molecule has 8 heteroatoms. The summed E-state index contributed by atoms with van der Waals surface area (Å²) >= 11 is 0. The van der Waals surface area contributed by atoms with Crippen LogP contribution < -0.4 is 5.32 Å². The average molecular weight is 510 g/mol. The zero-order chi connectivity index (χ0) is 20.1. The summed E-state index contributed by atoms with van der Waals surface area (Å²) in [5.41, 5.74) is 4.38. The number of rotatable bonds is 4. The lowest BCUT2D eigenvalue weighted by molar-refractivity contribution is -0.385. The van der Waals surface area contributed by atoms with Crippen LogP contribution in [0.3, 0.4) is 0 Å². The molecule has 0 bridgehead atoms. The van der Waals surface area contributed by atoms with Gasteiger partial charge in [0.1, 0.15) is 6.10 Å². The molecule has 29 heavy (non-hydrogen) atoms. The molecule has 156 valence electrons. The Hall–Kier alpha value is -2.20. The lowest BCUT2D eigenvalue weighted by Gasteiger charge is -2.35. The normalized spacial score (nSPS) is 16.9. The van der Waals surface area contributed by atoms with Gasteiger partial charge in [0.25, 0.3) is 5.69 Å². The predicted molar refractivity (Wildman–Crippen MR) is 125 cm³/mol. The van der Waals surface area contributed by atoms with Gasteiger partial charge in [-0.15, -0.1) is 24.0 Å². The van der Waals surface area contributed by atoms with Gasteiger partial charge in [0.05, 0.1) is 18.1 Å². The largest absolute Gasteiger partial charge is 0.370 e. The van der Waals surface area contributed by atoms with E-state index >= 15 is 0 Å². The zero-order valence-corrected chi connectivity index (χ0v) is 19.3. The number of nitrogens with one attached hydrogen (secondary N) is 1. The minimum Gasteiger partial charge on any atom is -0.370 e. The maximum Gasteiger partial charge on any atom is 0.274 e. The Balaban J connectivity index is 0.00000300. The van der Waals surface area contributed by atoms with E-state index < -0.39 is 0 Å². The van der Waals surface area contributed by atoms with Crippen LogP contribution in [0.15, 0.2) is 47.5 Å². The summed E-state index contributed by atoms with van der Waals surface area (Å²) in [6.45, 7) is 6.53. The Bertz CT molecular complexity index is 888. The van der Waals surface area contributed by atoms with E-state index in [0.717, 1.165) is 12.5 Å². The van der Waals surface area contributed by atoms with Gasteiger partial charge in [-0.05, 0) is 25.0 Å². The number of aryl methyl sites for hydroxylation is 2. The number of aliphatic imine (C=N–C) groups is 1. The molecule has 1 saturated heterocycles. The van der Waals surface area contributed by atoms with Crippen molar-refractivity contribution in [1.82, 2.24) is 10.2 Å². The summed E-state index contributed by atoms with van der Waals surface area (Å²) in [5, 5.41) is 14.5. The lowest BCUT2D eigenvalue weighted by atomic mass is 10.00. The number of guanidine groups is 1. The summed E-state index contributed by atoms with van der Waals surface area (Å²) in [6.07, 6.45) is -0.0287. The molecule has 2 aromatic rings. The topological polar surface area (TPSA) is 80.0 Å². The first-order valence-electron chi connectivity index (χ1n) is 9.36. The van der Waals surface area contributed by atoms with Crippen molar-refractivity contribution in [2.24, 2.45) is 4.99 Å². The van der Waals surface area contributed by atoms with Crippen LogP contribution in [0.4, 0.5) is 5.69 Å². The van der Waals surface area contributed by atoms with Crippen molar-refractivity contribution in [3.8, 4) is 0 Å². The highest BCUT2D eigenvalue weighted by Gasteiger charge is 2.25. The van der Waals surface area contributed by atoms with Crippen LogP contribution in [0.25, 0.3) is 0 Å². The third-order valence-electron chi connectivity index (χ3n) is 4.98. The van der Waals surface area contributed by atoms with Gasteiger partial charge in [0, 0.05) is 31.8 Å². The Morgan fingerprint density at radius 2 is 2.07 bits per heavy atom. The van der Waals surface area contributed by atoms with Gasteiger partial charge in [0.15, 0.2) is 5.96 Å². The highest BCUT2D eigenvalue weighted by Crippen LogP contribution is 2.26. The number of ether oxygens (including phenoxy) is 1. The van der Waals surface area contributed by atoms with Crippen LogP contribution in [0.2, 0.25) is 0 Å². The van der Waals surface area contributed by atoms with E-state index in [-0.39, 0.29) is 40.7 Å². The fourth-order valence-electron chi connectivity index (χ4n) is 3.56. The van der Waals surface area contributed by atoms with Crippen molar-refractivity contribution in [3.63, 3.8) is 0 Å². The molecule has 0 spiro atoms. The van der Waals surface area contributed by atoms with E-state index in [4.69, 9.17) is 4.74 Å². The highest BCUT2D eigenvalue weighted by atomic mass is 127. The molecule has 0 radical (unpaired) electrons. The number of hydrogen-bond donors (Lipinski definition) is 1. The first kappa shape index (κ1) is 23.1. The molecular weight excluding hydrogens is 483 g/mol. The molecule has 0 aromatic heterocycles. The summed E-state index contributed by atoms with van der Waals surface area (Å²) in [6, 6.07) is 13.2. The van der Waals surface area contributed by atoms with Crippen molar-refractivity contribution < 1.29 is 9.66 Å². The number of nitro benzene ring substituents is 1. The van der Waals surface area contributed by atoms with Gasteiger partial charge in [-0.1, -0.05) is 42.0 Å². The van der Waals surface area contributed by atoms with Crippen LogP contribution >= 0.6 is 24.0 Å². The molecule has 1 unspecified atom stereocenters. The maximum atomic E-state index is 11.2. The number of nitrogens with zero attached hydrogens (tertiary/aromatic N) is 3. The van der Waals surface area contributed by atoms with Gasteiger partial charge < -0.3 is 15.0 Å².